The van der Waals surface area contributed by atoms with Crippen LogP contribution in [0.3, 0.4) is 0 Å². The Balaban J connectivity index is 1.51. The molecule has 106 valence electrons. The Labute approximate surface area is 117 Å². The van der Waals surface area contributed by atoms with E-state index in [1.165, 1.54) is 12.8 Å². The zero-order chi connectivity index (χ0) is 13.8. The van der Waals surface area contributed by atoms with Gasteiger partial charge in [0.15, 0.2) is 11.5 Å². The maximum atomic E-state index is 11.7. The molecule has 6 heteroatoms. The van der Waals surface area contributed by atoms with E-state index >= 15 is 0 Å². The minimum Gasteiger partial charge on any atom is -0.454 e. The molecular formula is C14H17N3O3. The number of benzene rings is 1. The summed E-state index contributed by atoms with van der Waals surface area (Å²) in [5, 5.41) is 3.96. The van der Waals surface area contributed by atoms with Gasteiger partial charge in [0.05, 0.1) is 12.8 Å². The van der Waals surface area contributed by atoms with Gasteiger partial charge >= 0.3 is 0 Å². The molecule has 20 heavy (non-hydrogen) atoms. The van der Waals surface area contributed by atoms with Gasteiger partial charge in [0, 0.05) is 0 Å². The summed E-state index contributed by atoms with van der Waals surface area (Å²) in [5.41, 5.74) is 3.40. The standard InChI is InChI=1S/C14H17N3O3/c18-14(9-17-5-1-2-6-17)16-15-8-11-3-4-12-13(7-11)20-10-19-12/h3-4,7-8H,1-2,5-6,9-10H2,(H,16,18)/b15-8-. The van der Waals surface area contributed by atoms with Crippen LogP contribution < -0.4 is 14.9 Å². The molecule has 0 aliphatic carbocycles. The van der Waals surface area contributed by atoms with Crippen molar-refractivity contribution in [2.24, 2.45) is 5.10 Å². The van der Waals surface area contributed by atoms with Crippen molar-refractivity contribution in [1.82, 2.24) is 10.3 Å². The third-order valence-electron chi connectivity index (χ3n) is 3.37. The maximum Gasteiger partial charge on any atom is 0.254 e. The number of ether oxygens (including phenoxy) is 2. The largest absolute Gasteiger partial charge is 0.454 e. The average Bonchev–Trinajstić information content (AvgIpc) is 3.09. The van der Waals surface area contributed by atoms with Crippen LogP contribution in [0.2, 0.25) is 0 Å². The second kappa shape index (κ2) is 5.92. The van der Waals surface area contributed by atoms with Crippen LogP contribution in [0.25, 0.3) is 0 Å². The fourth-order valence-corrected chi connectivity index (χ4v) is 2.35. The smallest absolute Gasteiger partial charge is 0.254 e. The van der Waals surface area contributed by atoms with Crippen LogP contribution in [0.5, 0.6) is 11.5 Å². The van der Waals surface area contributed by atoms with Crippen LogP contribution in [0.4, 0.5) is 0 Å². The van der Waals surface area contributed by atoms with Crippen LogP contribution in [-0.4, -0.2) is 43.4 Å². The number of rotatable bonds is 4. The number of hydrazone groups is 1. The predicted octanol–water partition coefficient (Wildman–Crippen LogP) is 0.961. The number of fused-ring (bicyclic) bond motifs is 1. The molecule has 1 N–H and O–H groups in total. The van der Waals surface area contributed by atoms with Gasteiger partial charge in [-0.3, -0.25) is 9.69 Å². The van der Waals surface area contributed by atoms with Crippen LogP contribution in [0.1, 0.15) is 18.4 Å². The van der Waals surface area contributed by atoms with Crippen molar-refractivity contribution >= 4 is 12.1 Å². The first-order valence-electron chi connectivity index (χ1n) is 6.75. The SMILES string of the molecule is O=C(CN1CCCC1)N/N=C\c1ccc2c(c1)OCO2. The lowest BCUT2D eigenvalue weighted by atomic mass is 10.2. The van der Waals surface area contributed by atoms with E-state index in [0.29, 0.717) is 12.3 Å². The van der Waals surface area contributed by atoms with Crippen molar-refractivity contribution in [2.75, 3.05) is 26.4 Å². The van der Waals surface area contributed by atoms with Crippen molar-refractivity contribution in [3.8, 4) is 11.5 Å². The fourth-order valence-electron chi connectivity index (χ4n) is 2.35. The van der Waals surface area contributed by atoms with Crippen LogP contribution in [0, 0.1) is 0 Å². The molecule has 2 aliphatic rings. The second-order valence-corrected chi connectivity index (χ2v) is 4.89. The average molecular weight is 275 g/mol. The molecule has 2 aliphatic heterocycles. The van der Waals surface area contributed by atoms with E-state index in [0.717, 1.165) is 24.4 Å². The molecule has 6 nitrogen and oxygen atoms in total. The number of nitrogens with one attached hydrogen (secondary N) is 1. The normalized spacial score (nSPS) is 17.8. The van der Waals surface area contributed by atoms with E-state index in [1.54, 1.807) is 6.21 Å². The summed E-state index contributed by atoms with van der Waals surface area (Å²) in [6.45, 7) is 2.67. The number of carbonyl (C=O) groups is 1. The Kier molecular flexibility index (Phi) is 3.83. The van der Waals surface area contributed by atoms with Gasteiger partial charge in [0.25, 0.3) is 5.91 Å². The molecule has 0 saturated carbocycles. The molecule has 0 radical (unpaired) electrons. The third-order valence-corrected chi connectivity index (χ3v) is 3.37. The van der Waals surface area contributed by atoms with E-state index in [-0.39, 0.29) is 12.7 Å². The summed E-state index contributed by atoms with van der Waals surface area (Å²) >= 11 is 0. The van der Waals surface area contributed by atoms with Gasteiger partial charge in [0.2, 0.25) is 6.79 Å². The molecule has 1 saturated heterocycles. The lowest BCUT2D eigenvalue weighted by Gasteiger charge is -2.12. The molecule has 0 spiro atoms. The highest BCUT2D eigenvalue weighted by atomic mass is 16.7. The highest BCUT2D eigenvalue weighted by molar-refractivity contribution is 5.83. The van der Waals surface area contributed by atoms with Gasteiger partial charge in [-0.25, -0.2) is 5.43 Å². The lowest BCUT2D eigenvalue weighted by Crippen LogP contribution is -2.33. The molecule has 3 rings (SSSR count). The Morgan fingerprint density at radius 1 is 1.30 bits per heavy atom. The molecule has 1 amide bonds. The summed E-state index contributed by atoms with van der Waals surface area (Å²) in [6.07, 6.45) is 3.95. The van der Waals surface area contributed by atoms with Crippen molar-refractivity contribution < 1.29 is 14.3 Å². The van der Waals surface area contributed by atoms with Crippen LogP contribution >= 0.6 is 0 Å². The van der Waals surface area contributed by atoms with Gasteiger partial charge in [0.1, 0.15) is 0 Å². The maximum absolute atomic E-state index is 11.7. The first kappa shape index (κ1) is 12.9. The molecule has 1 aromatic carbocycles. The predicted molar refractivity (Wildman–Crippen MR) is 74.0 cm³/mol. The van der Waals surface area contributed by atoms with Gasteiger partial charge in [-0.2, -0.15) is 5.10 Å². The molecule has 1 aromatic rings. The first-order valence-corrected chi connectivity index (χ1v) is 6.75. The van der Waals surface area contributed by atoms with Crippen LogP contribution in [-0.2, 0) is 4.79 Å². The zero-order valence-electron chi connectivity index (χ0n) is 11.2. The number of nitrogens with zero attached hydrogens (tertiary/aromatic N) is 2. The Bertz CT molecular complexity index is 524. The van der Waals surface area contributed by atoms with E-state index < -0.39 is 0 Å². The van der Waals surface area contributed by atoms with E-state index in [9.17, 15) is 4.79 Å². The number of amides is 1. The third kappa shape index (κ3) is 3.08. The van der Waals surface area contributed by atoms with Gasteiger partial charge < -0.3 is 9.47 Å². The Morgan fingerprint density at radius 3 is 2.95 bits per heavy atom. The summed E-state index contributed by atoms with van der Waals surface area (Å²) < 4.78 is 10.5. The lowest BCUT2D eigenvalue weighted by molar-refractivity contribution is -0.121. The van der Waals surface area contributed by atoms with E-state index in [1.807, 2.05) is 18.2 Å². The quantitative estimate of drug-likeness (QED) is 0.657. The highest BCUT2D eigenvalue weighted by Crippen LogP contribution is 2.31. The summed E-state index contributed by atoms with van der Waals surface area (Å²) in [7, 11) is 0. The van der Waals surface area contributed by atoms with E-state index in [2.05, 4.69) is 15.4 Å². The van der Waals surface area contributed by atoms with Gasteiger partial charge in [-0.05, 0) is 49.7 Å². The van der Waals surface area contributed by atoms with Crippen molar-refractivity contribution in [1.29, 1.82) is 0 Å². The van der Waals surface area contributed by atoms with Crippen molar-refractivity contribution in [3.63, 3.8) is 0 Å². The number of carbonyl (C=O) groups excluding carboxylic acids is 1. The van der Waals surface area contributed by atoms with Gasteiger partial charge in [-0.15, -0.1) is 0 Å². The number of likely N-dealkylation sites (tertiary alicyclic amines) is 1. The number of hydrogen-bond donors (Lipinski definition) is 1. The Morgan fingerprint density at radius 2 is 2.10 bits per heavy atom. The molecule has 1 fully saturated rings. The molecule has 0 bridgehead atoms. The van der Waals surface area contributed by atoms with Crippen LogP contribution in [0.15, 0.2) is 23.3 Å². The van der Waals surface area contributed by atoms with Crippen molar-refractivity contribution in [3.05, 3.63) is 23.8 Å². The Hall–Kier alpha value is -2.08. The minimum absolute atomic E-state index is 0.0797. The monoisotopic (exact) mass is 275 g/mol. The molecule has 0 unspecified atom stereocenters. The summed E-state index contributed by atoms with van der Waals surface area (Å²) in [5.74, 6) is 1.36. The van der Waals surface area contributed by atoms with Crippen molar-refractivity contribution in [2.45, 2.75) is 12.8 Å². The van der Waals surface area contributed by atoms with Gasteiger partial charge in [-0.1, -0.05) is 0 Å². The fraction of sp³-hybridized carbons (Fsp3) is 0.429. The minimum atomic E-state index is -0.0797. The number of hydrogen-bond acceptors (Lipinski definition) is 5. The summed E-state index contributed by atoms with van der Waals surface area (Å²) in [4.78, 5) is 13.8. The van der Waals surface area contributed by atoms with E-state index in [4.69, 9.17) is 9.47 Å². The topological polar surface area (TPSA) is 63.2 Å². The molecule has 0 atom stereocenters. The highest BCUT2D eigenvalue weighted by Gasteiger charge is 2.14. The second-order valence-electron chi connectivity index (χ2n) is 4.89. The molecule has 2 heterocycles. The zero-order valence-corrected chi connectivity index (χ0v) is 11.2. The molecule has 0 aromatic heterocycles. The molecular weight excluding hydrogens is 258 g/mol. The summed E-state index contributed by atoms with van der Waals surface area (Å²) in [6, 6.07) is 5.53. The first-order chi connectivity index (χ1) is 9.81.